The van der Waals surface area contributed by atoms with E-state index < -0.39 is 22.2 Å². The van der Waals surface area contributed by atoms with Crippen molar-refractivity contribution in [3.63, 3.8) is 0 Å². The lowest BCUT2D eigenvalue weighted by Gasteiger charge is -2.37. The molecule has 0 bridgehead atoms. The second-order valence-electron chi connectivity index (χ2n) is 9.31. The lowest BCUT2D eigenvalue weighted by Crippen LogP contribution is -2.51. The van der Waals surface area contributed by atoms with E-state index in [1.54, 1.807) is 31.0 Å². The molecule has 0 aromatic heterocycles. The normalized spacial score (nSPS) is 21.2. The molecule has 184 valence electrons. The Hall–Kier alpha value is -2.28. The summed E-state index contributed by atoms with van der Waals surface area (Å²) in [6.45, 7) is 11.4. The van der Waals surface area contributed by atoms with Crippen LogP contribution in [0.15, 0.2) is 23.1 Å². The zero-order valence-electron chi connectivity index (χ0n) is 20.6. The molecule has 2 amide bonds. The lowest BCUT2D eigenvalue weighted by atomic mass is 10.0. The average Bonchev–Trinajstić information content (AvgIpc) is 2.73. The maximum atomic E-state index is 13.5. The smallest absolute Gasteiger partial charge is 0.317 e. The van der Waals surface area contributed by atoms with E-state index in [9.17, 15) is 18.3 Å². The molecular formula is C24H37N3O5S. The van der Waals surface area contributed by atoms with Gasteiger partial charge in [0.15, 0.2) is 0 Å². The molecule has 1 aromatic carbocycles. The first-order chi connectivity index (χ1) is 15.4. The van der Waals surface area contributed by atoms with Gasteiger partial charge in [0.05, 0.1) is 13.2 Å². The van der Waals surface area contributed by atoms with Gasteiger partial charge in [-0.15, -0.1) is 0 Å². The molecule has 0 saturated heterocycles. The van der Waals surface area contributed by atoms with Crippen molar-refractivity contribution in [1.82, 2.24) is 14.5 Å². The predicted octanol–water partition coefficient (Wildman–Crippen LogP) is 2.51. The van der Waals surface area contributed by atoms with E-state index in [1.165, 1.54) is 10.4 Å². The van der Waals surface area contributed by atoms with Gasteiger partial charge in [0.25, 0.3) is 0 Å². The van der Waals surface area contributed by atoms with Crippen LogP contribution >= 0.6 is 0 Å². The highest BCUT2D eigenvalue weighted by atomic mass is 32.2. The molecule has 2 rings (SSSR count). The quantitative estimate of drug-likeness (QED) is 0.633. The Kier molecular flexibility index (Phi) is 9.18. The molecule has 0 radical (unpaired) electrons. The largest absolute Gasteiger partial charge is 0.487 e. The molecule has 1 aliphatic heterocycles. The second kappa shape index (κ2) is 11.2. The minimum Gasteiger partial charge on any atom is -0.487 e. The summed E-state index contributed by atoms with van der Waals surface area (Å²) in [6, 6.07) is 3.97. The van der Waals surface area contributed by atoms with E-state index >= 15 is 0 Å². The Morgan fingerprint density at radius 2 is 1.97 bits per heavy atom. The number of nitrogens with zero attached hydrogens (tertiary/aromatic N) is 2. The predicted molar refractivity (Wildman–Crippen MR) is 128 cm³/mol. The number of hydrogen-bond acceptors (Lipinski definition) is 5. The summed E-state index contributed by atoms with van der Waals surface area (Å²) in [6.07, 6.45) is -0.469. The molecule has 0 saturated carbocycles. The van der Waals surface area contributed by atoms with E-state index in [4.69, 9.17) is 4.74 Å². The van der Waals surface area contributed by atoms with Crippen molar-refractivity contribution >= 4 is 16.1 Å². The van der Waals surface area contributed by atoms with Gasteiger partial charge in [-0.05, 0) is 39.0 Å². The van der Waals surface area contributed by atoms with Crippen LogP contribution in [0.3, 0.4) is 0 Å². The van der Waals surface area contributed by atoms with Gasteiger partial charge in [0.1, 0.15) is 16.7 Å². The maximum Gasteiger partial charge on any atom is 0.317 e. The standard InChI is InChI=1S/C24H37N3O5S/c1-16(2)8-9-20-10-11-23-21(12-20)32-22(14-26(7)24(29)25-17(3)4)18(5)13-27(19(6)15-28)33(23,30)31/h10-12,16-19,22,28H,13-15H2,1-7H3,(H,25,29)/t18-,19-,22+/m0/s1. The zero-order chi connectivity index (χ0) is 24.9. The highest BCUT2D eigenvalue weighted by Gasteiger charge is 2.38. The number of aliphatic hydroxyl groups excluding tert-OH is 1. The van der Waals surface area contributed by atoms with Crippen molar-refractivity contribution in [2.75, 3.05) is 26.7 Å². The van der Waals surface area contributed by atoms with Crippen molar-refractivity contribution in [3.05, 3.63) is 23.8 Å². The molecule has 0 fully saturated rings. The summed E-state index contributed by atoms with van der Waals surface area (Å²) in [5, 5.41) is 12.6. The van der Waals surface area contributed by atoms with E-state index in [-0.39, 0.29) is 54.3 Å². The number of sulfonamides is 1. The Morgan fingerprint density at radius 1 is 1.30 bits per heavy atom. The first-order valence-corrected chi connectivity index (χ1v) is 12.8. The first-order valence-electron chi connectivity index (χ1n) is 11.3. The highest BCUT2D eigenvalue weighted by Crippen LogP contribution is 2.34. The molecule has 33 heavy (non-hydrogen) atoms. The molecule has 0 aliphatic carbocycles. The van der Waals surface area contributed by atoms with Crippen molar-refractivity contribution in [3.8, 4) is 17.6 Å². The van der Waals surface area contributed by atoms with Crippen LogP contribution in [0, 0.1) is 23.7 Å². The molecule has 2 N–H and O–H groups in total. The Labute approximate surface area is 198 Å². The van der Waals surface area contributed by atoms with E-state index in [0.717, 1.165) is 0 Å². The van der Waals surface area contributed by atoms with Gasteiger partial charge in [-0.1, -0.05) is 32.6 Å². The zero-order valence-corrected chi connectivity index (χ0v) is 21.4. The van der Waals surface area contributed by atoms with Crippen molar-refractivity contribution in [2.24, 2.45) is 11.8 Å². The number of nitrogens with one attached hydrogen (secondary N) is 1. The summed E-state index contributed by atoms with van der Waals surface area (Å²) >= 11 is 0. The molecule has 1 heterocycles. The number of benzene rings is 1. The summed E-state index contributed by atoms with van der Waals surface area (Å²) in [5.41, 5.74) is 0.650. The maximum absolute atomic E-state index is 13.5. The Morgan fingerprint density at radius 3 is 2.55 bits per heavy atom. The lowest BCUT2D eigenvalue weighted by molar-refractivity contribution is 0.0809. The van der Waals surface area contributed by atoms with Gasteiger partial charge in [-0.3, -0.25) is 0 Å². The molecule has 3 atom stereocenters. The average molecular weight is 480 g/mol. The van der Waals surface area contributed by atoms with Crippen LogP contribution in [0.25, 0.3) is 0 Å². The first kappa shape index (κ1) is 27.0. The molecule has 1 aromatic rings. The number of carbonyl (C=O) groups excluding carboxylic acids is 1. The second-order valence-corrected chi connectivity index (χ2v) is 11.2. The fourth-order valence-corrected chi connectivity index (χ4v) is 5.28. The topological polar surface area (TPSA) is 99.2 Å². The number of fused-ring (bicyclic) bond motifs is 1. The van der Waals surface area contributed by atoms with Gasteiger partial charge in [0, 0.05) is 43.1 Å². The van der Waals surface area contributed by atoms with Crippen LogP contribution in [-0.4, -0.2) is 73.7 Å². The summed E-state index contributed by atoms with van der Waals surface area (Å²) in [4.78, 5) is 14.0. The van der Waals surface area contributed by atoms with Gasteiger partial charge >= 0.3 is 6.03 Å². The third-order valence-electron chi connectivity index (χ3n) is 5.38. The van der Waals surface area contributed by atoms with Crippen LogP contribution < -0.4 is 10.1 Å². The number of aliphatic hydroxyl groups is 1. The third-order valence-corrected chi connectivity index (χ3v) is 7.40. The molecule has 1 aliphatic rings. The van der Waals surface area contributed by atoms with Crippen LogP contribution in [0.5, 0.6) is 5.75 Å². The summed E-state index contributed by atoms with van der Waals surface area (Å²) in [5.74, 6) is 6.26. The van der Waals surface area contributed by atoms with E-state index in [0.29, 0.717) is 5.56 Å². The fourth-order valence-electron chi connectivity index (χ4n) is 3.46. The van der Waals surface area contributed by atoms with Crippen LogP contribution in [0.4, 0.5) is 4.79 Å². The van der Waals surface area contributed by atoms with Crippen LogP contribution in [0.2, 0.25) is 0 Å². The monoisotopic (exact) mass is 479 g/mol. The Bertz CT molecular complexity index is 997. The molecule has 0 unspecified atom stereocenters. The highest BCUT2D eigenvalue weighted by molar-refractivity contribution is 7.89. The Balaban J connectivity index is 2.53. The fraction of sp³-hybridized carbons (Fsp3) is 0.625. The SMILES string of the molecule is CC(C)C#Cc1ccc2c(c1)O[C@H](CN(C)C(=O)NC(C)C)[C@@H](C)CN([C@@H](C)CO)S2(=O)=O. The molecule has 0 spiro atoms. The van der Waals surface area contributed by atoms with Crippen molar-refractivity contribution < 1.29 is 23.1 Å². The number of carbonyl (C=O) groups is 1. The van der Waals surface area contributed by atoms with E-state index in [1.807, 2.05) is 34.6 Å². The van der Waals surface area contributed by atoms with Crippen molar-refractivity contribution in [1.29, 1.82) is 0 Å². The number of hydrogen-bond donors (Lipinski definition) is 2. The van der Waals surface area contributed by atoms with Crippen LogP contribution in [-0.2, 0) is 10.0 Å². The molecular weight excluding hydrogens is 442 g/mol. The molecule has 9 heteroatoms. The number of likely N-dealkylation sites (N-methyl/N-ethyl adjacent to an activating group) is 1. The van der Waals surface area contributed by atoms with Gasteiger partial charge in [0.2, 0.25) is 10.0 Å². The van der Waals surface area contributed by atoms with Gasteiger partial charge in [-0.2, -0.15) is 4.31 Å². The minimum atomic E-state index is -3.91. The summed E-state index contributed by atoms with van der Waals surface area (Å²) < 4.78 is 34.5. The minimum absolute atomic E-state index is 0.00974. The number of urea groups is 1. The van der Waals surface area contributed by atoms with Crippen LogP contribution in [0.1, 0.15) is 47.1 Å². The van der Waals surface area contributed by atoms with Gasteiger partial charge in [-0.25, -0.2) is 13.2 Å². The number of amides is 2. The number of ether oxygens (including phenoxy) is 1. The third kappa shape index (κ3) is 6.85. The molecule has 8 nitrogen and oxygen atoms in total. The summed E-state index contributed by atoms with van der Waals surface area (Å²) in [7, 11) is -2.23. The number of rotatable bonds is 5. The van der Waals surface area contributed by atoms with Gasteiger partial charge < -0.3 is 20.1 Å². The van der Waals surface area contributed by atoms with Crippen molar-refractivity contribution in [2.45, 2.75) is 64.6 Å². The van der Waals surface area contributed by atoms with E-state index in [2.05, 4.69) is 17.2 Å².